The average molecular weight is 204 g/mol. The Morgan fingerprint density at radius 2 is 1.93 bits per heavy atom. The summed E-state index contributed by atoms with van der Waals surface area (Å²) in [5.74, 6) is 0.0966. The lowest BCUT2D eigenvalue weighted by molar-refractivity contribution is 0.0755. The van der Waals surface area contributed by atoms with E-state index in [1.54, 1.807) is 6.07 Å². The molecule has 1 aromatic carbocycles. The molecule has 1 aromatic rings. The molecule has 2 heteroatoms. The molecule has 0 unspecified atom stereocenters. The minimum Gasteiger partial charge on any atom is -0.339 e. The maximum Gasteiger partial charge on any atom is 0.254 e. The second kappa shape index (κ2) is 6.23. The van der Waals surface area contributed by atoms with Crippen molar-refractivity contribution in [2.45, 2.75) is 26.7 Å². The summed E-state index contributed by atoms with van der Waals surface area (Å²) >= 11 is 0. The summed E-state index contributed by atoms with van der Waals surface area (Å²) in [5, 5.41) is 0. The molecule has 0 atom stereocenters. The van der Waals surface area contributed by atoms with Gasteiger partial charge in [-0.3, -0.25) is 4.79 Å². The van der Waals surface area contributed by atoms with Gasteiger partial charge in [-0.05, 0) is 25.0 Å². The van der Waals surface area contributed by atoms with E-state index in [4.69, 9.17) is 0 Å². The zero-order valence-corrected chi connectivity index (χ0v) is 9.49. The summed E-state index contributed by atoms with van der Waals surface area (Å²) in [7, 11) is 0. The summed E-state index contributed by atoms with van der Waals surface area (Å²) in [4.78, 5) is 13.9. The van der Waals surface area contributed by atoms with Crippen LogP contribution >= 0.6 is 0 Å². The molecule has 0 aromatic heterocycles. The largest absolute Gasteiger partial charge is 0.339 e. The molecular weight excluding hydrogens is 186 g/mol. The average Bonchev–Trinajstić information content (AvgIpc) is 2.29. The third kappa shape index (κ3) is 3.39. The van der Waals surface area contributed by atoms with E-state index in [-0.39, 0.29) is 5.91 Å². The van der Waals surface area contributed by atoms with Crippen LogP contribution < -0.4 is 0 Å². The van der Waals surface area contributed by atoms with Crippen molar-refractivity contribution in [1.29, 1.82) is 0 Å². The van der Waals surface area contributed by atoms with Crippen LogP contribution in [0.2, 0.25) is 0 Å². The van der Waals surface area contributed by atoms with Crippen LogP contribution in [0.4, 0.5) is 0 Å². The Hall–Kier alpha value is -1.31. The standard InChI is InChI=1S/C13H18NO/c1-3-10-14(11-4-2)13(15)12-8-6-5-7-9-12/h5-8H,3-4,10-11H2,1-2H3. The van der Waals surface area contributed by atoms with Crippen LogP contribution in [-0.4, -0.2) is 23.9 Å². The van der Waals surface area contributed by atoms with E-state index in [0.717, 1.165) is 25.9 Å². The number of rotatable bonds is 5. The van der Waals surface area contributed by atoms with Gasteiger partial charge >= 0.3 is 0 Å². The molecule has 81 valence electrons. The summed E-state index contributed by atoms with van der Waals surface area (Å²) in [6, 6.07) is 10.3. The predicted octanol–water partition coefficient (Wildman–Crippen LogP) is 2.75. The van der Waals surface area contributed by atoms with E-state index >= 15 is 0 Å². The molecule has 0 saturated carbocycles. The van der Waals surface area contributed by atoms with Crippen molar-refractivity contribution >= 4 is 5.91 Å². The number of amides is 1. The molecule has 0 heterocycles. The van der Waals surface area contributed by atoms with Gasteiger partial charge in [0.15, 0.2) is 0 Å². The maximum absolute atomic E-state index is 12.0. The summed E-state index contributed by atoms with van der Waals surface area (Å²) in [5.41, 5.74) is 0.666. The fourth-order valence-electron chi connectivity index (χ4n) is 1.55. The molecule has 0 aliphatic carbocycles. The molecular formula is C13H18NO. The Morgan fingerprint density at radius 1 is 1.27 bits per heavy atom. The molecule has 0 bridgehead atoms. The summed E-state index contributed by atoms with van der Waals surface area (Å²) in [6.07, 6.45) is 2.00. The van der Waals surface area contributed by atoms with Crippen LogP contribution in [-0.2, 0) is 0 Å². The van der Waals surface area contributed by atoms with E-state index in [0.29, 0.717) is 5.56 Å². The normalized spacial score (nSPS) is 10.0. The molecule has 15 heavy (non-hydrogen) atoms. The highest BCUT2D eigenvalue weighted by Gasteiger charge is 2.13. The van der Waals surface area contributed by atoms with E-state index in [1.807, 2.05) is 23.1 Å². The van der Waals surface area contributed by atoms with Crippen molar-refractivity contribution in [1.82, 2.24) is 4.90 Å². The maximum atomic E-state index is 12.0. The zero-order chi connectivity index (χ0) is 11.1. The van der Waals surface area contributed by atoms with Gasteiger partial charge in [0.25, 0.3) is 5.91 Å². The fourth-order valence-corrected chi connectivity index (χ4v) is 1.55. The number of hydrogen-bond donors (Lipinski definition) is 0. The summed E-state index contributed by atoms with van der Waals surface area (Å²) in [6.45, 7) is 5.83. The topological polar surface area (TPSA) is 20.3 Å². The van der Waals surface area contributed by atoms with Gasteiger partial charge in [-0.2, -0.15) is 0 Å². The minimum absolute atomic E-state index is 0.0966. The number of benzene rings is 1. The molecule has 2 nitrogen and oxygen atoms in total. The fraction of sp³-hybridized carbons (Fsp3) is 0.462. The van der Waals surface area contributed by atoms with E-state index in [1.165, 1.54) is 0 Å². The Balaban J connectivity index is 2.71. The van der Waals surface area contributed by atoms with Crippen LogP contribution in [0.25, 0.3) is 0 Å². The van der Waals surface area contributed by atoms with Crippen molar-refractivity contribution in [3.63, 3.8) is 0 Å². The molecule has 0 N–H and O–H groups in total. The second-order valence-electron chi connectivity index (χ2n) is 3.57. The van der Waals surface area contributed by atoms with Crippen LogP contribution in [0, 0.1) is 6.07 Å². The third-order valence-corrected chi connectivity index (χ3v) is 2.21. The first kappa shape index (κ1) is 11.8. The second-order valence-corrected chi connectivity index (χ2v) is 3.57. The van der Waals surface area contributed by atoms with Gasteiger partial charge < -0.3 is 4.90 Å². The van der Waals surface area contributed by atoms with Crippen molar-refractivity contribution in [2.24, 2.45) is 0 Å². The molecule has 0 aliphatic heterocycles. The number of hydrogen-bond acceptors (Lipinski definition) is 1. The Labute approximate surface area is 91.9 Å². The van der Waals surface area contributed by atoms with Crippen LogP contribution in [0.3, 0.4) is 0 Å². The molecule has 1 amide bonds. The Morgan fingerprint density at radius 3 is 2.40 bits per heavy atom. The molecule has 1 radical (unpaired) electrons. The van der Waals surface area contributed by atoms with Gasteiger partial charge in [0, 0.05) is 18.7 Å². The van der Waals surface area contributed by atoms with Gasteiger partial charge in [0.05, 0.1) is 0 Å². The zero-order valence-electron chi connectivity index (χ0n) is 9.49. The molecule has 0 saturated heterocycles. The lowest BCUT2D eigenvalue weighted by Crippen LogP contribution is -2.32. The monoisotopic (exact) mass is 204 g/mol. The number of carbonyl (C=O) groups is 1. The van der Waals surface area contributed by atoms with Crippen LogP contribution in [0.15, 0.2) is 24.3 Å². The molecule has 0 fully saturated rings. The highest BCUT2D eigenvalue weighted by atomic mass is 16.2. The molecule has 0 aliphatic rings. The first-order valence-corrected chi connectivity index (χ1v) is 5.55. The Kier molecular flexibility index (Phi) is 4.88. The molecule has 0 spiro atoms. The SMILES string of the molecule is CCCN(CCC)C(=O)c1[c]cccc1. The summed E-state index contributed by atoms with van der Waals surface area (Å²) < 4.78 is 0. The first-order valence-electron chi connectivity index (χ1n) is 5.55. The van der Waals surface area contributed by atoms with E-state index in [9.17, 15) is 4.79 Å². The predicted molar refractivity (Wildman–Crippen MR) is 61.8 cm³/mol. The smallest absolute Gasteiger partial charge is 0.254 e. The lowest BCUT2D eigenvalue weighted by atomic mass is 10.2. The minimum atomic E-state index is 0.0966. The van der Waals surface area contributed by atoms with E-state index < -0.39 is 0 Å². The van der Waals surface area contributed by atoms with Gasteiger partial charge in [0.1, 0.15) is 0 Å². The van der Waals surface area contributed by atoms with Crippen molar-refractivity contribution in [3.05, 3.63) is 35.9 Å². The highest BCUT2D eigenvalue weighted by molar-refractivity contribution is 5.93. The van der Waals surface area contributed by atoms with Gasteiger partial charge in [-0.1, -0.05) is 32.0 Å². The quantitative estimate of drug-likeness (QED) is 0.722. The Bertz CT molecular complexity index is 289. The van der Waals surface area contributed by atoms with Gasteiger partial charge in [-0.25, -0.2) is 0 Å². The highest BCUT2D eigenvalue weighted by Crippen LogP contribution is 2.05. The van der Waals surface area contributed by atoms with E-state index in [2.05, 4.69) is 19.9 Å². The van der Waals surface area contributed by atoms with Crippen LogP contribution in [0.1, 0.15) is 37.0 Å². The van der Waals surface area contributed by atoms with Crippen LogP contribution in [0.5, 0.6) is 0 Å². The van der Waals surface area contributed by atoms with Crippen molar-refractivity contribution < 1.29 is 4.79 Å². The van der Waals surface area contributed by atoms with Gasteiger partial charge in [0.2, 0.25) is 0 Å². The van der Waals surface area contributed by atoms with Gasteiger partial charge in [-0.15, -0.1) is 0 Å². The third-order valence-electron chi connectivity index (χ3n) is 2.21. The lowest BCUT2D eigenvalue weighted by Gasteiger charge is -2.21. The van der Waals surface area contributed by atoms with Crippen molar-refractivity contribution in [3.8, 4) is 0 Å². The number of carbonyl (C=O) groups excluding carboxylic acids is 1. The number of nitrogens with zero attached hydrogens (tertiary/aromatic N) is 1. The molecule has 1 rings (SSSR count). The van der Waals surface area contributed by atoms with Crippen molar-refractivity contribution in [2.75, 3.05) is 13.1 Å². The first-order chi connectivity index (χ1) is 7.29.